The van der Waals surface area contributed by atoms with Gasteiger partial charge in [0.15, 0.2) is 0 Å². The van der Waals surface area contributed by atoms with Gasteiger partial charge in [0, 0.05) is 29.5 Å². The summed E-state index contributed by atoms with van der Waals surface area (Å²) in [5.41, 5.74) is 3.65. The highest BCUT2D eigenvalue weighted by Crippen LogP contribution is 2.29. The third kappa shape index (κ3) is 1.61. The summed E-state index contributed by atoms with van der Waals surface area (Å²) in [4.78, 5) is 7.45. The lowest BCUT2D eigenvalue weighted by Crippen LogP contribution is -1.82. The summed E-state index contributed by atoms with van der Waals surface area (Å²) in [7, 11) is 0. The first-order valence-corrected chi connectivity index (χ1v) is 6.32. The molecule has 0 radical (unpaired) electrons. The first-order chi connectivity index (χ1) is 9.42. The maximum atomic E-state index is 4.18. The van der Waals surface area contributed by atoms with E-state index in [1.807, 2.05) is 18.6 Å². The molecule has 0 amide bonds. The summed E-state index contributed by atoms with van der Waals surface area (Å²) >= 11 is 0. The molecule has 0 fully saturated rings. The lowest BCUT2D eigenvalue weighted by molar-refractivity contribution is 1.36. The first-order valence-electron chi connectivity index (χ1n) is 6.32. The highest BCUT2D eigenvalue weighted by atomic mass is 14.7. The van der Waals surface area contributed by atoms with E-state index < -0.39 is 0 Å². The van der Waals surface area contributed by atoms with Crippen LogP contribution in [0.15, 0.2) is 67.1 Å². The molecule has 0 aliphatic rings. The van der Waals surface area contributed by atoms with Crippen molar-refractivity contribution in [2.24, 2.45) is 0 Å². The Morgan fingerprint density at radius 3 is 2.89 bits per heavy atom. The van der Waals surface area contributed by atoms with Crippen LogP contribution in [0.3, 0.4) is 0 Å². The minimum Gasteiger partial charge on any atom is -0.361 e. The maximum absolute atomic E-state index is 4.18. The smallest absolute Gasteiger partial charge is 0.0460 e. The summed E-state index contributed by atoms with van der Waals surface area (Å²) in [6.45, 7) is 0. The van der Waals surface area contributed by atoms with Gasteiger partial charge >= 0.3 is 0 Å². The van der Waals surface area contributed by atoms with Gasteiger partial charge in [-0.15, -0.1) is 0 Å². The maximum Gasteiger partial charge on any atom is 0.0460 e. The third-order valence-corrected chi connectivity index (χ3v) is 3.55. The van der Waals surface area contributed by atoms with Gasteiger partial charge in [0.25, 0.3) is 0 Å². The van der Waals surface area contributed by atoms with Gasteiger partial charge in [-0.25, -0.2) is 0 Å². The second kappa shape index (κ2) is 3.95. The Morgan fingerprint density at radius 1 is 0.895 bits per heavy atom. The van der Waals surface area contributed by atoms with Gasteiger partial charge in [0.05, 0.1) is 0 Å². The lowest BCUT2D eigenvalue weighted by Gasteiger charge is -2.06. The van der Waals surface area contributed by atoms with Crippen molar-refractivity contribution in [3.63, 3.8) is 0 Å². The quantitative estimate of drug-likeness (QED) is 0.528. The first kappa shape index (κ1) is 10.3. The van der Waals surface area contributed by atoms with Gasteiger partial charge in [-0.2, -0.15) is 0 Å². The van der Waals surface area contributed by atoms with Crippen molar-refractivity contribution in [1.82, 2.24) is 9.97 Å². The number of pyridine rings is 1. The van der Waals surface area contributed by atoms with E-state index in [1.165, 1.54) is 32.8 Å². The van der Waals surface area contributed by atoms with E-state index in [0.29, 0.717) is 0 Å². The van der Waals surface area contributed by atoms with E-state index in [0.717, 1.165) is 0 Å². The normalized spacial score (nSPS) is 11.2. The number of nitrogens with zero attached hydrogens (tertiary/aromatic N) is 1. The van der Waals surface area contributed by atoms with Gasteiger partial charge in [-0.05, 0) is 40.1 Å². The Bertz CT molecular complexity index is 869. The van der Waals surface area contributed by atoms with Crippen LogP contribution in [-0.4, -0.2) is 9.97 Å². The van der Waals surface area contributed by atoms with E-state index in [9.17, 15) is 0 Å². The van der Waals surface area contributed by atoms with Crippen LogP contribution in [0.1, 0.15) is 0 Å². The van der Waals surface area contributed by atoms with Gasteiger partial charge in [0.1, 0.15) is 0 Å². The van der Waals surface area contributed by atoms with Gasteiger partial charge in [0.2, 0.25) is 0 Å². The molecule has 19 heavy (non-hydrogen) atoms. The zero-order valence-corrected chi connectivity index (χ0v) is 10.3. The van der Waals surface area contributed by atoms with Crippen molar-refractivity contribution in [3.8, 4) is 11.1 Å². The molecule has 0 aliphatic carbocycles. The number of H-pyrrole nitrogens is 1. The number of rotatable bonds is 1. The van der Waals surface area contributed by atoms with Crippen LogP contribution in [0.4, 0.5) is 0 Å². The third-order valence-electron chi connectivity index (χ3n) is 3.55. The second-order valence-corrected chi connectivity index (χ2v) is 4.68. The van der Waals surface area contributed by atoms with Crippen molar-refractivity contribution < 1.29 is 0 Å². The zero-order valence-electron chi connectivity index (χ0n) is 10.3. The molecule has 2 heteroatoms. The fourth-order valence-corrected chi connectivity index (χ4v) is 2.59. The van der Waals surface area contributed by atoms with E-state index in [4.69, 9.17) is 0 Å². The van der Waals surface area contributed by atoms with Gasteiger partial charge in [-0.1, -0.05) is 30.3 Å². The van der Waals surface area contributed by atoms with Crippen LogP contribution in [0.25, 0.3) is 32.8 Å². The average molecular weight is 244 g/mol. The standard InChI is InChI=1S/C17H12N2/c1-2-14-11-18-8-7-16(14)15(3-1)13-5-4-12-6-9-19-17(12)10-13/h1-11,19H. The minimum atomic E-state index is 1.17. The Hall–Kier alpha value is -2.61. The van der Waals surface area contributed by atoms with Crippen LogP contribution in [0.5, 0.6) is 0 Å². The number of aromatic amines is 1. The van der Waals surface area contributed by atoms with Crippen LogP contribution in [0, 0.1) is 0 Å². The Balaban J connectivity index is 2.03. The molecule has 2 aromatic heterocycles. The molecule has 0 bridgehead atoms. The lowest BCUT2D eigenvalue weighted by atomic mass is 9.99. The summed E-state index contributed by atoms with van der Waals surface area (Å²) in [6.07, 6.45) is 5.73. The van der Waals surface area contributed by atoms with Crippen molar-refractivity contribution in [3.05, 3.63) is 67.1 Å². The topological polar surface area (TPSA) is 28.7 Å². The highest BCUT2D eigenvalue weighted by molar-refractivity contribution is 5.98. The van der Waals surface area contributed by atoms with Crippen LogP contribution < -0.4 is 0 Å². The predicted molar refractivity (Wildman–Crippen MR) is 79.0 cm³/mol. The Morgan fingerprint density at radius 2 is 1.89 bits per heavy atom. The van der Waals surface area contributed by atoms with E-state index in [-0.39, 0.29) is 0 Å². The van der Waals surface area contributed by atoms with Crippen molar-refractivity contribution in [2.45, 2.75) is 0 Å². The van der Waals surface area contributed by atoms with E-state index in [1.54, 1.807) is 0 Å². The molecule has 90 valence electrons. The van der Waals surface area contributed by atoms with E-state index >= 15 is 0 Å². The number of hydrogen-bond acceptors (Lipinski definition) is 1. The monoisotopic (exact) mass is 244 g/mol. The van der Waals surface area contributed by atoms with Gasteiger partial charge < -0.3 is 4.98 Å². The van der Waals surface area contributed by atoms with E-state index in [2.05, 4.69) is 58.5 Å². The second-order valence-electron chi connectivity index (χ2n) is 4.68. The zero-order chi connectivity index (χ0) is 12.7. The predicted octanol–water partition coefficient (Wildman–Crippen LogP) is 4.38. The van der Waals surface area contributed by atoms with Crippen molar-refractivity contribution in [2.75, 3.05) is 0 Å². The number of fused-ring (bicyclic) bond motifs is 2. The number of nitrogens with one attached hydrogen (secondary N) is 1. The molecule has 0 saturated carbocycles. The fourth-order valence-electron chi connectivity index (χ4n) is 2.59. The molecule has 4 aromatic rings. The molecule has 2 heterocycles. The highest BCUT2D eigenvalue weighted by Gasteiger charge is 2.04. The van der Waals surface area contributed by atoms with Crippen molar-refractivity contribution >= 4 is 21.7 Å². The summed E-state index contributed by atoms with van der Waals surface area (Å²) in [5.74, 6) is 0. The SMILES string of the molecule is c1cc(-c2ccc3cc[nH]c3c2)c2ccncc2c1. The molecular formula is C17H12N2. The number of benzene rings is 2. The summed E-state index contributed by atoms with van der Waals surface area (Å²) in [6, 6.07) is 17.0. The molecule has 2 aromatic carbocycles. The van der Waals surface area contributed by atoms with Gasteiger partial charge in [-0.3, -0.25) is 4.98 Å². The molecule has 0 aliphatic heterocycles. The fraction of sp³-hybridized carbons (Fsp3) is 0. The molecule has 0 saturated heterocycles. The molecular weight excluding hydrogens is 232 g/mol. The largest absolute Gasteiger partial charge is 0.361 e. The Labute approximate surface area is 110 Å². The average Bonchev–Trinajstić information content (AvgIpc) is 2.94. The minimum absolute atomic E-state index is 1.17. The van der Waals surface area contributed by atoms with Crippen LogP contribution in [0.2, 0.25) is 0 Å². The summed E-state index contributed by atoms with van der Waals surface area (Å²) in [5, 5.41) is 3.65. The summed E-state index contributed by atoms with van der Waals surface area (Å²) < 4.78 is 0. The van der Waals surface area contributed by atoms with Crippen LogP contribution in [-0.2, 0) is 0 Å². The molecule has 1 N–H and O–H groups in total. The number of aromatic nitrogens is 2. The molecule has 0 spiro atoms. The van der Waals surface area contributed by atoms with Crippen LogP contribution >= 0.6 is 0 Å². The number of hydrogen-bond donors (Lipinski definition) is 1. The van der Waals surface area contributed by atoms with Crippen molar-refractivity contribution in [1.29, 1.82) is 0 Å². The Kier molecular flexibility index (Phi) is 2.15. The molecule has 0 unspecified atom stereocenters. The molecule has 0 atom stereocenters. The molecule has 4 rings (SSSR count). The molecule has 2 nitrogen and oxygen atoms in total.